The summed E-state index contributed by atoms with van der Waals surface area (Å²) in [5, 5.41) is 0. The first-order valence-corrected chi connectivity index (χ1v) is 8.22. The van der Waals surface area contributed by atoms with Crippen molar-refractivity contribution in [2.75, 3.05) is 7.11 Å². The van der Waals surface area contributed by atoms with Gasteiger partial charge in [0.2, 0.25) is 0 Å². The van der Waals surface area contributed by atoms with Crippen LogP contribution in [-0.4, -0.2) is 36.4 Å². The van der Waals surface area contributed by atoms with Gasteiger partial charge in [-0.1, -0.05) is 6.92 Å². The number of esters is 2. The molecule has 4 unspecified atom stereocenters. The van der Waals surface area contributed by atoms with Crippen LogP contribution in [-0.2, 0) is 23.8 Å². The molecule has 2 heterocycles. The third-order valence-electron chi connectivity index (χ3n) is 5.88. The van der Waals surface area contributed by atoms with Gasteiger partial charge in [-0.05, 0) is 26.7 Å². The Morgan fingerprint density at radius 1 is 1.27 bits per heavy atom. The third kappa shape index (κ3) is 2.43. The minimum atomic E-state index is -0.614. The topological polar surface area (TPSA) is 61.8 Å². The molecule has 4 rings (SSSR count). The van der Waals surface area contributed by atoms with Crippen LogP contribution in [0.4, 0.5) is 0 Å². The number of methoxy groups -OCH3 is 1. The van der Waals surface area contributed by atoms with Gasteiger partial charge in [-0.3, -0.25) is 9.59 Å². The van der Waals surface area contributed by atoms with Crippen LogP contribution in [0.2, 0.25) is 0 Å². The summed E-state index contributed by atoms with van der Waals surface area (Å²) in [7, 11) is 1.68. The Labute approximate surface area is 131 Å². The average Bonchev–Trinajstić information content (AvgIpc) is 2.60. The molecule has 0 aromatic heterocycles. The molecule has 2 aliphatic heterocycles. The van der Waals surface area contributed by atoms with Crippen LogP contribution in [0.1, 0.15) is 59.3 Å². The smallest absolute Gasteiger partial charge is 0.312 e. The monoisotopic (exact) mass is 310 g/mol. The molecule has 0 aromatic rings. The molecular weight excluding hydrogens is 284 g/mol. The van der Waals surface area contributed by atoms with Gasteiger partial charge in [-0.2, -0.15) is 0 Å². The van der Waals surface area contributed by atoms with Crippen LogP contribution in [0.5, 0.6) is 0 Å². The molecule has 22 heavy (non-hydrogen) atoms. The van der Waals surface area contributed by atoms with Crippen molar-refractivity contribution >= 4 is 11.9 Å². The maximum absolute atomic E-state index is 12.6. The summed E-state index contributed by atoms with van der Waals surface area (Å²) in [5.74, 6) is -0.564. The molecule has 0 N–H and O–H groups in total. The van der Waals surface area contributed by atoms with Gasteiger partial charge in [-0.15, -0.1) is 0 Å². The van der Waals surface area contributed by atoms with Crippen LogP contribution < -0.4 is 0 Å². The molecule has 4 aliphatic rings. The van der Waals surface area contributed by atoms with Crippen molar-refractivity contribution in [3.05, 3.63) is 0 Å². The SMILES string of the molecule is CCC(C)(C)C(=O)OC12CC3CC(OC)(CC(C1)C(=O)O3)C2. The second-order valence-corrected chi connectivity index (χ2v) is 7.95. The molecule has 4 fully saturated rings. The predicted octanol–water partition coefficient (Wildman–Crippen LogP) is 2.61. The van der Waals surface area contributed by atoms with E-state index in [0.717, 1.165) is 6.42 Å². The van der Waals surface area contributed by atoms with Crippen LogP contribution in [0.15, 0.2) is 0 Å². The summed E-state index contributed by atoms with van der Waals surface area (Å²) >= 11 is 0. The molecular formula is C17H26O5. The Kier molecular flexibility index (Phi) is 3.55. The van der Waals surface area contributed by atoms with Crippen molar-refractivity contribution in [1.29, 1.82) is 0 Å². The van der Waals surface area contributed by atoms with Crippen molar-refractivity contribution in [3.8, 4) is 0 Å². The summed E-state index contributed by atoms with van der Waals surface area (Å²) in [6, 6.07) is 0. The quantitative estimate of drug-likeness (QED) is 0.747. The Morgan fingerprint density at radius 3 is 2.55 bits per heavy atom. The number of hydrogen-bond acceptors (Lipinski definition) is 5. The first kappa shape index (κ1) is 15.8. The van der Waals surface area contributed by atoms with E-state index in [0.29, 0.717) is 32.1 Å². The maximum atomic E-state index is 12.6. The zero-order chi connectivity index (χ0) is 16.2. The minimum Gasteiger partial charge on any atom is -0.462 e. The van der Waals surface area contributed by atoms with Crippen molar-refractivity contribution < 1.29 is 23.8 Å². The number of carbonyl (C=O) groups excluding carboxylic acids is 2. The summed E-state index contributed by atoms with van der Waals surface area (Å²) in [6.07, 6.45) is 3.75. The molecule has 0 amide bonds. The van der Waals surface area contributed by atoms with E-state index in [4.69, 9.17) is 14.2 Å². The molecule has 4 atom stereocenters. The summed E-state index contributed by atoms with van der Waals surface area (Å²) < 4.78 is 17.4. The highest BCUT2D eigenvalue weighted by molar-refractivity contribution is 5.77. The molecule has 5 nitrogen and oxygen atoms in total. The van der Waals surface area contributed by atoms with E-state index in [9.17, 15) is 9.59 Å². The van der Waals surface area contributed by atoms with Crippen LogP contribution in [0, 0.1) is 11.3 Å². The zero-order valence-corrected chi connectivity index (χ0v) is 13.9. The van der Waals surface area contributed by atoms with E-state index in [1.54, 1.807) is 7.11 Å². The molecule has 5 heteroatoms. The fourth-order valence-corrected chi connectivity index (χ4v) is 4.26. The first-order chi connectivity index (χ1) is 10.2. The molecule has 0 radical (unpaired) electrons. The minimum absolute atomic E-state index is 0.156. The third-order valence-corrected chi connectivity index (χ3v) is 5.88. The average molecular weight is 310 g/mol. The van der Waals surface area contributed by atoms with Gasteiger partial charge in [0.1, 0.15) is 11.7 Å². The predicted molar refractivity (Wildman–Crippen MR) is 79.1 cm³/mol. The number of fused-ring (bicyclic) bond motifs is 1. The lowest BCUT2D eigenvalue weighted by Crippen LogP contribution is -2.57. The summed E-state index contributed by atoms with van der Waals surface area (Å²) in [4.78, 5) is 24.8. The molecule has 2 saturated carbocycles. The normalized spacial score (nSPS) is 40.3. The van der Waals surface area contributed by atoms with Crippen LogP contribution in [0.25, 0.3) is 0 Å². The number of hydrogen-bond donors (Lipinski definition) is 0. The number of carbonyl (C=O) groups is 2. The van der Waals surface area contributed by atoms with Crippen molar-refractivity contribution in [1.82, 2.24) is 0 Å². The first-order valence-electron chi connectivity index (χ1n) is 8.22. The van der Waals surface area contributed by atoms with E-state index in [1.165, 1.54) is 0 Å². The fourth-order valence-electron chi connectivity index (χ4n) is 4.26. The Balaban J connectivity index is 1.90. The molecule has 0 spiro atoms. The lowest BCUT2D eigenvalue weighted by Gasteiger charge is -2.52. The lowest BCUT2D eigenvalue weighted by molar-refractivity contribution is -0.207. The maximum Gasteiger partial charge on any atom is 0.312 e. The zero-order valence-electron chi connectivity index (χ0n) is 13.9. The van der Waals surface area contributed by atoms with E-state index >= 15 is 0 Å². The highest BCUT2D eigenvalue weighted by Crippen LogP contribution is 2.55. The Morgan fingerprint density at radius 2 is 1.91 bits per heavy atom. The van der Waals surface area contributed by atoms with E-state index in [2.05, 4.69) is 0 Å². The van der Waals surface area contributed by atoms with Crippen LogP contribution in [0.3, 0.4) is 0 Å². The van der Waals surface area contributed by atoms with Gasteiger partial charge in [0.15, 0.2) is 0 Å². The van der Waals surface area contributed by atoms with E-state index in [-0.39, 0.29) is 24.0 Å². The second kappa shape index (κ2) is 4.95. The molecule has 2 aliphatic carbocycles. The molecule has 124 valence electrons. The number of rotatable bonds is 4. The van der Waals surface area contributed by atoms with E-state index < -0.39 is 16.6 Å². The molecule has 2 saturated heterocycles. The van der Waals surface area contributed by atoms with Gasteiger partial charge in [0, 0.05) is 32.8 Å². The highest BCUT2D eigenvalue weighted by Gasteiger charge is 2.61. The van der Waals surface area contributed by atoms with Gasteiger partial charge in [0.05, 0.1) is 16.9 Å². The Hall–Kier alpha value is -1.10. The van der Waals surface area contributed by atoms with Gasteiger partial charge >= 0.3 is 11.9 Å². The largest absolute Gasteiger partial charge is 0.462 e. The van der Waals surface area contributed by atoms with Gasteiger partial charge in [0.25, 0.3) is 0 Å². The van der Waals surface area contributed by atoms with Crippen molar-refractivity contribution in [2.24, 2.45) is 11.3 Å². The standard InChI is InChI=1S/C17H26O5/c1-5-15(2,3)14(19)22-17-7-11-6-16(10-17,20-4)8-12(9-17)21-13(11)18/h11-12H,5-10H2,1-4H3. The van der Waals surface area contributed by atoms with Gasteiger partial charge in [-0.25, -0.2) is 0 Å². The highest BCUT2D eigenvalue weighted by atomic mass is 16.6. The lowest BCUT2D eigenvalue weighted by atomic mass is 9.62. The second-order valence-electron chi connectivity index (χ2n) is 7.95. The molecule has 0 aromatic carbocycles. The van der Waals surface area contributed by atoms with Crippen molar-refractivity contribution in [2.45, 2.75) is 76.6 Å². The molecule has 4 bridgehead atoms. The fraction of sp³-hybridized carbons (Fsp3) is 0.882. The van der Waals surface area contributed by atoms with E-state index in [1.807, 2.05) is 20.8 Å². The summed E-state index contributed by atoms with van der Waals surface area (Å²) in [6.45, 7) is 5.78. The Bertz CT molecular complexity index is 499. The summed E-state index contributed by atoms with van der Waals surface area (Å²) in [5.41, 5.74) is -1.52. The van der Waals surface area contributed by atoms with Crippen LogP contribution >= 0.6 is 0 Å². The van der Waals surface area contributed by atoms with Crippen molar-refractivity contribution in [3.63, 3.8) is 0 Å². The van der Waals surface area contributed by atoms with Gasteiger partial charge < -0.3 is 14.2 Å². The number of ether oxygens (including phenoxy) is 3.